The van der Waals surface area contributed by atoms with Gasteiger partial charge in [0.15, 0.2) is 11.5 Å². The first-order chi connectivity index (χ1) is 7.50. The van der Waals surface area contributed by atoms with Crippen molar-refractivity contribution in [1.29, 1.82) is 0 Å². The summed E-state index contributed by atoms with van der Waals surface area (Å²) in [6.07, 6.45) is 0. The molecule has 0 saturated carbocycles. The Balaban J connectivity index is 2.92. The number of azo groups is 1. The fourth-order valence-corrected chi connectivity index (χ4v) is 1.02. The van der Waals surface area contributed by atoms with E-state index in [9.17, 15) is 4.79 Å². The second-order valence-corrected chi connectivity index (χ2v) is 3.21. The van der Waals surface area contributed by atoms with E-state index in [1.807, 2.05) is 0 Å². The number of nitrogens with zero attached hydrogens (tertiary/aromatic N) is 2. The van der Waals surface area contributed by atoms with Crippen LogP contribution >= 0.6 is 0 Å². The normalized spacial score (nSPS) is 12.6. The van der Waals surface area contributed by atoms with Gasteiger partial charge in [-0.3, -0.25) is 4.79 Å². The van der Waals surface area contributed by atoms with Gasteiger partial charge >= 0.3 is 0 Å². The topological polar surface area (TPSA) is 82.2 Å². The summed E-state index contributed by atoms with van der Waals surface area (Å²) in [4.78, 5) is 11.0. The zero-order valence-corrected chi connectivity index (χ0v) is 9.01. The van der Waals surface area contributed by atoms with Crippen molar-refractivity contribution in [2.75, 3.05) is 0 Å². The number of allylic oxidation sites excluding steroid dienone is 2. The fraction of sp³-hybridized carbons (Fsp3) is 0.182. The molecule has 0 spiro atoms. The average molecular weight is 220 g/mol. The molecule has 0 unspecified atom stereocenters. The summed E-state index contributed by atoms with van der Waals surface area (Å²) in [5.74, 6) is -0.405. The molecule has 0 atom stereocenters. The van der Waals surface area contributed by atoms with Crippen LogP contribution < -0.4 is 0 Å². The Morgan fingerprint density at radius 3 is 2.19 bits per heavy atom. The minimum Gasteiger partial charge on any atom is -0.510 e. The zero-order chi connectivity index (χ0) is 12.1. The van der Waals surface area contributed by atoms with Gasteiger partial charge < -0.3 is 10.2 Å². The number of aliphatic hydroxyl groups is 1. The molecule has 0 radical (unpaired) electrons. The molecule has 0 aliphatic carbocycles. The lowest BCUT2D eigenvalue weighted by Crippen LogP contribution is -1.96. The second kappa shape index (κ2) is 5.06. The first-order valence-electron chi connectivity index (χ1n) is 4.62. The summed E-state index contributed by atoms with van der Waals surface area (Å²) in [6.45, 7) is 2.66. The molecule has 0 saturated heterocycles. The van der Waals surface area contributed by atoms with E-state index in [1.54, 1.807) is 12.1 Å². The SMILES string of the molecule is CC(=O)C(N=Nc1ccc(O)cc1)=C(C)O. The van der Waals surface area contributed by atoms with E-state index in [-0.39, 0.29) is 23.0 Å². The van der Waals surface area contributed by atoms with E-state index < -0.39 is 0 Å². The Hall–Kier alpha value is -2.17. The number of aliphatic hydroxyl groups excluding tert-OH is 1. The summed E-state index contributed by atoms with van der Waals surface area (Å²) >= 11 is 0. The standard InChI is InChI=1S/C11H12N2O3/c1-7(14)11(8(2)15)13-12-9-3-5-10(16)6-4-9/h3-6,14,16H,1-2H3. The highest BCUT2D eigenvalue weighted by molar-refractivity contribution is 5.93. The molecule has 1 rings (SSSR count). The number of phenols is 1. The molecule has 1 aromatic carbocycles. The largest absolute Gasteiger partial charge is 0.510 e. The number of hydrogen-bond acceptors (Lipinski definition) is 5. The van der Waals surface area contributed by atoms with Crippen LogP contribution in [0.15, 0.2) is 46.0 Å². The van der Waals surface area contributed by atoms with Gasteiger partial charge in [-0.2, -0.15) is 5.11 Å². The lowest BCUT2D eigenvalue weighted by Gasteiger charge is -1.97. The van der Waals surface area contributed by atoms with Gasteiger partial charge in [-0.1, -0.05) is 0 Å². The Labute approximate surface area is 92.8 Å². The van der Waals surface area contributed by atoms with Crippen molar-refractivity contribution < 1.29 is 15.0 Å². The van der Waals surface area contributed by atoms with Gasteiger partial charge in [0.05, 0.1) is 5.69 Å². The van der Waals surface area contributed by atoms with Gasteiger partial charge in [-0.25, -0.2) is 0 Å². The molecule has 0 bridgehead atoms. The van der Waals surface area contributed by atoms with Crippen LogP contribution in [0.5, 0.6) is 5.75 Å². The molecule has 84 valence electrons. The predicted octanol–water partition coefficient (Wildman–Crippen LogP) is 2.85. The van der Waals surface area contributed by atoms with Crippen molar-refractivity contribution in [3.8, 4) is 5.75 Å². The van der Waals surface area contributed by atoms with Crippen LogP contribution in [-0.2, 0) is 4.79 Å². The maximum atomic E-state index is 11.0. The molecule has 0 aliphatic heterocycles. The minimum absolute atomic E-state index is 0.0759. The van der Waals surface area contributed by atoms with E-state index >= 15 is 0 Å². The van der Waals surface area contributed by atoms with Crippen molar-refractivity contribution >= 4 is 11.5 Å². The number of benzene rings is 1. The maximum absolute atomic E-state index is 11.0. The molecule has 5 nitrogen and oxygen atoms in total. The van der Waals surface area contributed by atoms with Crippen molar-refractivity contribution in [2.45, 2.75) is 13.8 Å². The van der Waals surface area contributed by atoms with Crippen LogP contribution in [0.4, 0.5) is 5.69 Å². The molecule has 0 fully saturated rings. The number of aromatic hydroxyl groups is 1. The Bertz CT molecular complexity index is 443. The molecule has 16 heavy (non-hydrogen) atoms. The van der Waals surface area contributed by atoms with Gasteiger partial charge in [0, 0.05) is 6.92 Å². The number of hydrogen-bond donors (Lipinski definition) is 2. The van der Waals surface area contributed by atoms with E-state index in [0.29, 0.717) is 5.69 Å². The van der Waals surface area contributed by atoms with E-state index in [2.05, 4.69) is 10.2 Å². The number of carbonyl (C=O) groups is 1. The molecular formula is C11H12N2O3. The summed E-state index contributed by atoms with van der Waals surface area (Å²) in [5.41, 5.74) is 0.408. The lowest BCUT2D eigenvalue weighted by atomic mass is 10.3. The highest BCUT2D eigenvalue weighted by Gasteiger charge is 2.06. The van der Waals surface area contributed by atoms with Crippen LogP contribution in [0.1, 0.15) is 13.8 Å². The van der Waals surface area contributed by atoms with Gasteiger partial charge in [0.1, 0.15) is 11.5 Å². The molecule has 1 aromatic rings. The molecule has 5 heteroatoms. The number of ketones is 1. The summed E-state index contributed by atoms with van der Waals surface area (Å²) < 4.78 is 0. The zero-order valence-electron chi connectivity index (χ0n) is 9.01. The summed E-state index contributed by atoms with van der Waals surface area (Å²) in [7, 11) is 0. The quantitative estimate of drug-likeness (QED) is 0.466. The molecule has 0 aromatic heterocycles. The van der Waals surface area contributed by atoms with Gasteiger partial charge in [0.25, 0.3) is 0 Å². The van der Waals surface area contributed by atoms with E-state index in [1.165, 1.54) is 26.0 Å². The summed E-state index contributed by atoms with van der Waals surface area (Å²) in [5, 5.41) is 25.6. The Kier molecular flexibility index (Phi) is 3.77. The minimum atomic E-state index is -0.359. The van der Waals surface area contributed by atoms with Crippen molar-refractivity contribution in [2.24, 2.45) is 10.2 Å². The second-order valence-electron chi connectivity index (χ2n) is 3.21. The third-order valence-corrected chi connectivity index (χ3v) is 1.79. The average Bonchev–Trinajstić information content (AvgIpc) is 2.20. The van der Waals surface area contributed by atoms with Crippen molar-refractivity contribution in [3.05, 3.63) is 35.7 Å². The van der Waals surface area contributed by atoms with Crippen molar-refractivity contribution in [3.63, 3.8) is 0 Å². The molecule has 0 aliphatic rings. The smallest absolute Gasteiger partial charge is 0.183 e. The first kappa shape index (κ1) is 11.9. The van der Waals surface area contributed by atoms with Crippen LogP contribution in [-0.4, -0.2) is 16.0 Å². The van der Waals surface area contributed by atoms with Crippen LogP contribution in [0.3, 0.4) is 0 Å². The fourth-order valence-electron chi connectivity index (χ4n) is 1.02. The highest BCUT2D eigenvalue weighted by Crippen LogP contribution is 2.18. The monoisotopic (exact) mass is 220 g/mol. The molecule has 2 N–H and O–H groups in total. The Morgan fingerprint density at radius 2 is 1.75 bits per heavy atom. The highest BCUT2D eigenvalue weighted by atomic mass is 16.3. The van der Waals surface area contributed by atoms with Gasteiger partial charge in [0.2, 0.25) is 0 Å². The third-order valence-electron chi connectivity index (χ3n) is 1.79. The maximum Gasteiger partial charge on any atom is 0.183 e. The van der Waals surface area contributed by atoms with Gasteiger partial charge in [-0.15, -0.1) is 5.11 Å². The van der Waals surface area contributed by atoms with Crippen LogP contribution in [0.25, 0.3) is 0 Å². The molecular weight excluding hydrogens is 208 g/mol. The number of phenolic OH excluding ortho intramolecular Hbond substituents is 1. The molecule has 0 heterocycles. The van der Waals surface area contributed by atoms with E-state index in [4.69, 9.17) is 10.2 Å². The van der Waals surface area contributed by atoms with Crippen molar-refractivity contribution in [1.82, 2.24) is 0 Å². The van der Waals surface area contributed by atoms with Crippen LogP contribution in [0, 0.1) is 0 Å². The first-order valence-corrected chi connectivity index (χ1v) is 4.62. The number of Topliss-reactive ketones (excluding diaryl/α,β-unsaturated/α-hetero) is 1. The third kappa shape index (κ3) is 3.20. The predicted molar refractivity (Wildman–Crippen MR) is 58.6 cm³/mol. The number of carbonyl (C=O) groups excluding carboxylic acids is 1. The van der Waals surface area contributed by atoms with E-state index in [0.717, 1.165) is 0 Å². The summed E-state index contributed by atoms with van der Waals surface area (Å²) in [6, 6.07) is 6.00. The van der Waals surface area contributed by atoms with Crippen LogP contribution in [0.2, 0.25) is 0 Å². The molecule has 0 amide bonds. The number of rotatable bonds is 3. The lowest BCUT2D eigenvalue weighted by molar-refractivity contribution is -0.113. The Morgan fingerprint density at radius 1 is 1.19 bits per heavy atom. The van der Waals surface area contributed by atoms with Gasteiger partial charge in [-0.05, 0) is 31.2 Å².